The monoisotopic (exact) mass is 300 g/mol. The first-order valence-electron chi connectivity index (χ1n) is 6.96. The number of hydrogen-bond donors (Lipinski definition) is 3. The van der Waals surface area contributed by atoms with Crippen molar-refractivity contribution in [1.82, 2.24) is 10.3 Å². The molecule has 3 rings (SSSR count). The van der Waals surface area contributed by atoms with Gasteiger partial charge in [0.15, 0.2) is 0 Å². The molecule has 0 fully saturated rings. The third-order valence-electron chi connectivity index (χ3n) is 3.57. The Morgan fingerprint density at radius 3 is 2.71 bits per heavy atom. The highest BCUT2D eigenvalue weighted by atomic mass is 35.5. The molecule has 4 heteroatoms. The molecule has 1 aromatic heterocycles. The number of aromatic hydroxyl groups is 1. The minimum Gasteiger partial charge on any atom is -0.508 e. The molecule has 0 aliphatic heterocycles. The lowest BCUT2D eigenvalue weighted by Gasteiger charge is -2.05. The Balaban J connectivity index is 1.56. The Morgan fingerprint density at radius 1 is 1.10 bits per heavy atom. The van der Waals surface area contributed by atoms with Crippen LogP contribution in [-0.4, -0.2) is 16.6 Å². The van der Waals surface area contributed by atoms with Gasteiger partial charge < -0.3 is 15.4 Å². The van der Waals surface area contributed by atoms with Gasteiger partial charge in [0.05, 0.1) is 0 Å². The molecule has 0 bridgehead atoms. The summed E-state index contributed by atoms with van der Waals surface area (Å²) in [5.74, 6) is 0.309. The van der Waals surface area contributed by atoms with Gasteiger partial charge in [-0.1, -0.05) is 29.8 Å². The lowest BCUT2D eigenvalue weighted by atomic mass is 10.1. The minimum atomic E-state index is 0.309. The molecule has 3 aromatic rings. The molecule has 21 heavy (non-hydrogen) atoms. The maximum atomic E-state index is 9.24. The van der Waals surface area contributed by atoms with E-state index in [1.807, 2.05) is 36.5 Å². The number of H-pyrrole nitrogens is 1. The molecule has 0 amide bonds. The quantitative estimate of drug-likeness (QED) is 0.627. The predicted octanol–water partition coefficient (Wildman–Crippen LogP) is 3.86. The highest BCUT2D eigenvalue weighted by Crippen LogP contribution is 2.21. The molecule has 0 saturated heterocycles. The second-order valence-corrected chi connectivity index (χ2v) is 5.53. The topological polar surface area (TPSA) is 48.0 Å². The molecule has 0 spiro atoms. The van der Waals surface area contributed by atoms with Gasteiger partial charge in [0.2, 0.25) is 0 Å². The van der Waals surface area contributed by atoms with Crippen LogP contribution in [-0.2, 0) is 13.0 Å². The first-order valence-corrected chi connectivity index (χ1v) is 7.34. The smallest absolute Gasteiger partial charge is 0.115 e. The first-order chi connectivity index (χ1) is 10.2. The van der Waals surface area contributed by atoms with Crippen molar-refractivity contribution in [1.29, 1.82) is 0 Å². The van der Waals surface area contributed by atoms with Crippen LogP contribution in [0.25, 0.3) is 10.9 Å². The average Bonchev–Trinajstić information content (AvgIpc) is 2.87. The average molecular weight is 301 g/mol. The van der Waals surface area contributed by atoms with E-state index in [9.17, 15) is 5.11 Å². The van der Waals surface area contributed by atoms with Crippen molar-refractivity contribution < 1.29 is 5.11 Å². The predicted molar refractivity (Wildman–Crippen MR) is 86.8 cm³/mol. The Labute approximate surface area is 128 Å². The number of fused-ring (bicyclic) bond motifs is 1. The second kappa shape index (κ2) is 6.20. The Bertz CT molecular complexity index is 734. The number of aromatic amines is 1. The lowest BCUT2D eigenvalue weighted by molar-refractivity contribution is 0.475. The number of hydrogen-bond acceptors (Lipinski definition) is 2. The normalized spacial score (nSPS) is 11.1. The van der Waals surface area contributed by atoms with E-state index in [0.717, 1.165) is 30.0 Å². The molecule has 0 aliphatic rings. The summed E-state index contributed by atoms with van der Waals surface area (Å²) in [6, 6.07) is 13.2. The summed E-state index contributed by atoms with van der Waals surface area (Å²) in [7, 11) is 0. The minimum absolute atomic E-state index is 0.309. The molecule has 1 heterocycles. The molecule has 0 aliphatic carbocycles. The van der Waals surface area contributed by atoms with Gasteiger partial charge in [0.25, 0.3) is 0 Å². The molecular formula is C17H17ClN2O. The van der Waals surface area contributed by atoms with Crippen LogP contribution in [0.1, 0.15) is 11.1 Å². The van der Waals surface area contributed by atoms with Crippen LogP contribution in [0.5, 0.6) is 5.75 Å². The molecule has 108 valence electrons. The van der Waals surface area contributed by atoms with Crippen molar-refractivity contribution >= 4 is 22.5 Å². The van der Waals surface area contributed by atoms with Crippen LogP contribution in [0.4, 0.5) is 0 Å². The molecule has 2 aromatic carbocycles. The van der Waals surface area contributed by atoms with Gasteiger partial charge in [0.1, 0.15) is 5.75 Å². The first kappa shape index (κ1) is 14.0. The fourth-order valence-electron chi connectivity index (χ4n) is 2.42. The maximum absolute atomic E-state index is 9.24. The van der Waals surface area contributed by atoms with E-state index in [2.05, 4.69) is 10.3 Å². The maximum Gasteiger partial charge on any atom is 0.115 e. The van der Waals surface area contributed by atoms with E-state index in [1.165, 1.54) is 16.5 Å². The third kappa shape index (κ3) is 3.38. The van der Waals surface area contributed by atoms with Gasteiger partial charge in [0, 0.05) is 28.7 Å². The second-order valence-electron chi connectivity index (χ2n) is 5.10. The van der Waals surface area contributed by atoms with Crippen molar-refractivity contribution in [2.45, 2.75) is 13.0 Å². The van der Waals surface area contributed by atoms with E-state index in [1.54, 1.807) is 12.1 Å². The molecular weight excluding hydrogens is 284 g/mol. The van der Waals surface area contributed by atoms with Crippen LogP contribution in [0.15, 0.2) is 48.7 Å². The molecule has 3 N–H and O–H groups in total. The van der Waals surface area contributed by atoms with E-state index in [4.69, 9.17) is 11.6 Å². The number of nitrogens with one attached hydrogen (secondary N) is 2. The van der Waals surface area contributed by atoms with Crippen molar-refractivity contribution in [3.05, 3.63) is 64.8 Å². The number of aromatic nitrogens is 1. The standard InChI is InChI=1S/C17H17ClN2O/c18-14-3-6-16-13(11-20-17(16)9-14)10-19-8-7-12-1-4-15(21)5-2-12/h1-6,9,11,19-21H,7-8,10H2. The third-order valence-corrected chi connectivity index (χ3v) is 3.81. The van der Waals surface area contributed by atoms with Gasteiger partial charge in [-0.05, 0) is 48.4 Å². The zero-order chi connectivity index (χ0) is 14.7. The van der Waals surface area contributed by atoms with Gasteiger partial charge in [-0.3, -0.25) is 0 Å². The molecule has 3 nitrogen and oxygen atoms in total. The van der Waals surface area contributed by atoms with Gasteiger partial charge >= 0.3 is 0 Å². The summed E-state index contributed by atoms with van der Waals surface area (Å²) in [6.45, 7) is 1.71. The van der Waals surface area contributed by atoms with Crippen LogP contribution in [0.2, 0.25) is 5.02 Å². The van der Waals surface area contributed by atoms with E-state index in [0.29, 0.717) is 5.75 Å². The molecule has 0 atom stereocenters. The summed E-state index contributed by atoms with van der Waals surface area (Å²) in [6.07, 6.45) is 2.96. The SMILES string of the molecule is Oc1ccc(CCNCc2c[nH]c3cc(Cl)ccc23)cc1. The molecule has 0 unspecified atom stereocenters. The zero-order valence-corrected chi connectivity index (χ0v) is 12.3. The summed E-state index contributed by atoms with van der Waals surface area (Å²) < 4.78 is 0. The van der Waals surface area contributed by atoms with Crippen molar-refractivity contribution in [2.75, 3.05) is 6.54 Å². The van der Waals surface area contributed by atoms with Crippen molar-refractivity contribution in [3.63, 3.8) is 0 Å². The Morgan fingerprint density at radius 2 is 1.90 bits per heavy atom. The summed E-state index contributed by atoms with van der Waals surface area (Å²) in [5, 5.41) is 14.6. The fourth-order valence-corrected chi connectivity index (χ4v) is 2.60. The number of benzene rings is 2. The summed E-state index contributed by atoms with van der Waals surface area (Å²) in [5.41, 5.74) is 3.52. The van der Waals surface area contributed by atoms with Crippen LogP contribution in [0, 0.1) is 0 Å². The number of phenolic OH excluding ortho intramolecular Hbond substituents is 1. The van der Waals surface area contributed by atoms with Gasteiger partial charge in [-0.2, -0.15) is 0 Å². The summed E-state index contributed by atoms with van der Waals surface area (Å²) in [4.78, 5) is 3.24. The van der Waals surface area contributed by atoms with Crippen LogP contribution >= 0.6 is 11.6 Å². The number of halogens is 1. The number of rotatable bonds is 5. The van der Waals surface area contributed by atoms with E-state index >= 15 is 0 Å². The Hall–Kier alpha value is -1.97. The highest BCUT2D eigenvalue weighted by molar-refractivity contribution is 6.31. The van der Waals surface area contributed by atoms with E-state index < -0.39 is 0 Å². The zero-order valence-electron chi connectivity index (χ0n) is 11.6. The van der Waals surface area contributed by atoms with Crippen LogP contribution < -0.4 is 5.32 Å². The number of phenols is 1. The van der Waals surface area contributed by atoms with E-state index in [-0.39, 0.29) is 0 Å². The largest absolute Gasteiger partial charge is 0.508 e. The van der Waals surface area contributed by atoms with Crippen molar-refractivity contribution in [2.24, 2.45) is 0 Å². The molecule has 0 radical (unpaired) electrons. The van der Waals surface area contributed by atoms with Gasteiger partial charge in [-0.25, -0.2) is 0 Å². The van der Waals surface area contributed by atoms with Gasteiger partial charge in [-0.15, -0.1) is 0 Å². The van der Waals surface area contributed by atoms with Crippen LogP contribution in [0.3, 0.4) is 0 Å². The molecule has 0 saturated carbocycles. The Kier molecular flexibility index (Phi) is 4.13. The highest BCUT2D eigenvalue weighted by Gasteiger charge is 2.03. The summed E-state index contributed by atoms with van der Waals surface area (Å²) >= 11 is 5.98. The fraction of sp³-hybridized carbons (Fsp3) is 0.176. The lowest BCUT2D eigenvalue weighted by Crippen LogP contribution is -2.16. The van der Waals surface area contributed by atoms with Crippen molar-refractivity contribution in [3.8, 4) is 5.75 Å².